The molecule has 0 saturated carbocycles. The van der Waals surface area contributed by atoms with E-state index < -0.39 is 0 Å². The average molecular weight is 334 g/mol. The maximum atomic E-state index is 2.25. The Labute approximate surface area is 155 Å². The lowest BCUT2D eigenvalue weighted by Crippen LogP contribution is -2.14. The second-order valence-corrected chi connectivity index (χ2v) is 6.60. The molecule has 0 unspecified atom stereocenters. The zero-order chi connectivity index (χ0) is 17.6. The highest BCUT2D eigenvalue weighted by Crippen LogP contribution is 2.42. The molecular formula is C26H22. The van der Waals surface area contributed by atoms with Crippen LogP contribution in [0.15, 0.2) is 121 Å². The van der Waals surface area contributed by atoms with E-state index in [2.05, 4.69) is 121 Å². The van der Waals surface area contributed by atoms with Crippen molar-refractivity contribution in [3.63, 3.8) is 0 Å². The number of rotatable bonds is 5. The number of hydrogen-bond donors (Lipinski definition) is 0. The summed E-state index contributed by atoms with van der Waals surface area (Å²) in [6.45, 7) is 0. The standard InChI is InChI=1S/C26H22/c1-5-13-21(14-6-1)25(22-15-7-2-8-16-22)26(23-17-9-3-10-18-23)24-19-11-4-12-20-24/h1-20,25-26H. The fourth-order valence-electron chi connectivity index (χ4n) is 3.80. The summed E-state index contributed by atoms with van der Waals surface area (Å²) in [6, 6.07) is 43.4. The minimum absolute atomic E-state index is 0.266. The summed E-state index contributed by atoms with van der Waals surface area (Å²) >= 11 is 0. The van der Waals surface area contributed by atoms with Crippen LogP contribution in [0.3, 0.4) is 0 Å². The van der Waals surface area contributed by atoms with Crippen molar-refractivity contribution in [1.82, 2.24) is 0 Å². The van der Waals surface area contributed by atoms with Crippen molar-refractivity contribution in [2.75, 3.05) is 0 Å². The van der Waals surface area contributed by atoms with Gasteiger partial charge in [0.05, 0.1) is 0 Å². The average Bonchev–Trinajstić information content (AvgIpc) is 2.74. The summed E-state index contributed by atoms with van der Waals surface area (Å²) in [5.74, 6) is 0.532. The molecule has 0 heterocycles. The highest BCUT2D eigenvalue weighted by molar-refractivity contribution is 5.44. The highest BCUT2D eigenvalue weighted by Gasteiger charge is 2.27. The summed E-state index contributed by atoms with van der Waals surface area (Å²) in [6.07, 6.45) is 0. The van der Waals surface area contributed by atoms with Crippen LogP contribution in [0.25, 0.3) is 0 Å². The minimum Gasteiger partial charge on any atom is -0.0622 e. The Balaban J connectivity index is 1.93. The van der Waals surface area contributed by atoms with Crippen LogP contribution in [-0.4, -0.2) is 0 Å². The molecule has 4 aromatic carbocycles. The Bertz CT molecular complexity index is 753. The molecule has 0 aliphatic heterocycles. The molecular weight excluding hydrogens is 312 g/mol. The fraction of sp³-hybridized carbons (Fsp3) is 0.0769. The Hall–Kier alpha value is -3.12. The smallest absolute Gasteiger partial charge is 0.0199 e. The zero-order valence-electron chi connectivity index (χ0n) is 14.7. The molecule has 0 aromatic heterocycles. The Morgan fingerprint density at radius 2 is 0.462 bits per heavy atom. The molecule has 0 bridgehead atoms. The Morgan fingerprint density at radius 1 is 0.269 bits per heavy atom. The largest absolute Gasteiger partial charge is 0.0622 e. The van der Waals surface area contributed by atoms with Crippen molar-refractivity contribution in [3.05, 3.63) is 144 Å². The van der Waals surface area contributed by atoms with Gasteiger partial charge in [0.15, 0.2) is 0 Å². The second kappa shape index (κ2) is 7.84. The Kier molecular flexibility index (Phi) is 4.93. The molecule has 0 saturated heterocycles. The van der Waals surface area contributed by atoms with E-state index in [0.29, 0.717) is 0 Å². The van der Waals surface area contributed by atoms with Gasteiger partial charge in [-0.25, -0.2) is 0 Å². The van der Waals surface area contributed by atoms with E-state index in [4.69, 9.17) is 0 Å². The van der Waals surface area contributed by atoms with E-state index in [1.54, 1.807) is 0 Å². The highest BCUT2D eigenvalue weighted by atomic mass is 14.3. The van der Waals surface area contributed by atoms with E-state index in [0.717, 1.165) is 0 Å². The molecule has 0 N–H and O–H groups in total. The maximum absolute atomic E-state index is 2.25. The van der Waals surface area contributed by atoms with E-state index >= 15 is 0 Å². The first kappa shape index (κ1) is 16.4. The van der Waals surface area contributed by atoms with Crippen molar-refractivity contribution >= 4 is 0 Å². The lowest BCUT2D eigenvalue weighted by Gasteiger charge is -2.29. The van der Waals surface area contributed by atoms with Crippen LogP contribution >= 0.6 is 0 Å². The molecule has 0 radical (unpaired) electrons. The number of benzene rings is 4. The molecule has 0 amide bonds. The van der Waals surface area contributed by atoms with Gasteiger partial charge >= 0.3 is 0 Å². The molecule has 0 atom stereocenters. The van der Waals surface area contributed by atoms with Gasteiger partial charge in [0.25, 0.3) is 0 Å². The first-order chi connectivity index (χ1) is 12.9. The SMILES string of the molecule is c1ccc(C(c2ccccc2)C(c2ccccc2)c2ccccc2)cc1. The van der Waals surface area contributed by atoms with Crippen LogP contribution in [-0.2, 0) is 0 Å². The van der Waals surface area contributed by atoms with E-state index in [1.807, 2.05) is 0 Å². The van der Waals surface area contributed by atoms with Crippen LogP contribution < -0.4 is 0 Å². The summed E-state index contributed by atoms with van der Waals surface area (Å²) in [4.78, 5) is 0. The fourth-order valence-corrected chi connectivity index (χ4v) is 3.80. The predicted octanol–water partition coefficient (Wildman–Crippen LogP) is 6.65. The van der Waals surface area contributed by atoms with E-state index in [1.165, 1.54) is 22.3 Å². The van der Waals surface area contributed by atoms with Crippen molar-refractivity contribution < 1.29 is 0 Å². The number of hydrogen-bond acceptors (Lipinski definition) is 0. The molecule has 0 heteroatoms. The van der Waals surface area contributed by atoms with Crippen LogP contribution in [0.2, 0.25) is 0 Å². The molecule has 0 aliphatic carbocycles. The molecule has 0 nitrogen and oxygen atoms in total. The summed E-state index contributed by atoms with van der Waals surface area (Å²) in [7, 11) is 0. The van der Waals surface area contributed by atoms with Gasteiger partial charge in [-0.15, -0.1) is 0 Å². The zero-order valence-corrected chi connectivity index (χ0v) is 14.7. The van der Waals surface area contributed by atoms with Crippen molar-refractivity contribution in [1.29, 1.82) is 0 Å². The summed E-state index contributed by atoms with van der Waals surface area (Å²) in [5, 5.41) is 0. The first-order valence-electron chi connectivity index (χ1n) is 9.13. The molecule has 4 rings (SSSR count). The van der Waals surface area contributed by atoms with Crippen LogP contribution in [0.1, 0.15) is 34.1 Å². The lowest BCUT2D eigenvalue weighted by molar-refractivity contribution is 0.694. The topological polar surface area (TPSA) is 0 Å². The van der Waals surface area contributed by atoms with Crippen molar-refractivity contribution in [2.45, 2.75) is 11.8 Å². The first-order valence-corrected chi connectivity index (χ1v) is 9.13. The van der Waals surface area contributed by atoms with E-state index in [-0.39, 0.29) is 11.8 Å². The predicted molar refractivity (Wildman–Crippen MR) is 109 cm³/mol. The van der Waals surface area contributed by atoms with Gasteiger partial charge in [0.1, 0.15) is 0 Å². The molecule has 0 spiro atoms. The molecule has 26 heavy (non-hydrogen) atoms. The van der Waals surface area contributed by atoms with Crippen LogP contribution in [0, 0.1) is 0 Å². The van der Waals surface area contributed by atoms with Gasteiger partial charge in [0.2, 0.25) is 0 Å². The summed E-state index contributed by atoms with van der Waals surface area (Å²) < 4.78 is 0. The van der Waals surface area contributed by atoms with E-state index in [9.17, 15) is 0 Å². The third-order valence-electron chi connectivity index (χ3n) is 4.97. The molecule has 126 valence electrons. The van der Waals surface area contributed by atoms with Crippen molar-refractivity contribution in [2.24, 2.45) is 0 Å². The van der Waals surface area contributed by atoms with Crippen molar-refractivity contribution in [3.8, 4) is 0 Å². The van der Waals surface area contributed by atoms with Gasteiger partial charge in [-0.05, 0) is 22.3 Å². The molecule has 0 aliphatic rings. The normalized spacial score (nSPS) is 11.0. The quantitative estimate of drug-likeness (QED) is 0.383. The van der Waals surface area contributed by atoms with Gasteiger partial charge in [-0.2, -0.15) is 0 Å². The maximum Gasteiger partial charge on any atom is 0.0199 e. The van der Waals surface area contributed by atoms with Crippen LogP contribution in [0.5, 0.6) is 0 Å². The second-order valence-electron chi connectivity index (χ2n) is 6.60. The minimum atomic E-state index is 0.266. The third-order valence-corrected chi connectivity index (χ3v) is 4.97. The third kappa shape index (κ3) is 3.45. The monoisotopic (exact) mass is 334 g/mol. The Morgan fingerprint density at radius 3 is 0.654 bits per heavy atom. The van der Waals surface area contributed by atoms with Gasteiger partial charge < -0.3 is 0 Å². The lowest BCUT2D eigenvalue weighted by atomic mass is 9.74. The molecule has 4 aromatic rings. The van der Waals surface area contributed by atoms with Gasteiger partial charge in [0, 0.05) is 11.8 Å². The van der Waals surface area contributed by atoms with Gasteiger partial charge in [-0.3, -0.25) is 0 Å². The van der Waals surface area contributed by atoms with Gasteiger partial charge in [-0.1, -0.05) is 121 Å². The van der Waals surface area contributed by atoms with Crippen LogP contribution in [0.4, 0.5) is 0 Å². The molecule has 0 fully saturated rings. The summed E-state index contributed by atoms with van der Waals surface area (Å²) in [5.41, 5.74) is 5.38.